The van der Waals surface area contributed by atoms with Crippen LogP contribution in [0, 0.1) is 0 Å². The van der Waals surface area contributed by atoms with Crippen LogP contribution in [0.5, 0.6) is 0 Å². The SMILES string of the molecule is CCCN(CC)CCNCC(O)CC(=O)O. The van der Waals surface area contributed by atoms with Gasteiger partial charge in [0.1, 0.15) is 0 Å². The molecule has 96 valence electrons. The van der Waals surface area contributed by atoms with E-state index in [1.165, 1.54) is 0 Å². The Bertz CT molecular complexity index is 188. The Morgan fingerprint density at radius 2 is 2.06 bits per heavy atom. The van der Waals surface area contributed by atoms with Crippen LogP contribution in [0.3, 0.4) is 0 Å². The smallest absolute Gasteiger partial charge is 0.306 e. The number of aliphatic hydroxyl groups is 1. The van der Waals surface area contributed by atoms with Gasteiger partial charge in [-0.1, -0.05) is 13.8 Å². The van der Waals surface area contributed by atoms with Crippen LogP contribution in [0.4, 0.5) is 0 Å². The summed E-state index contributed by atoms with van der Waals surface area (Å²) < 4.78 is 0. The molecule has 3 N–H and O–H groups in total. The number of nitrogens with zero attached hydrogens (tertiary/aromatic N) is 1. The van der Waals surface area contributed by atoms with Crippen molar-refractivity contribution in [1.29, 1.82) is 0 Å². The Labute approximate surface area is 97.4 Å². The fraction of sp³-hybridized carbons (Fsp3) is 0.909. The Kier molecular flexibility index (Phi) is 9.18. The molecule has 0 radical (unpaired) electrons. The number of likely N-dealkylation sites (N-methyl/N-ethyl adjacent to an activating group) is 1. The normalized spacial score (nSPS) is 13.0. The molecule has 0 aliphatic rings. The number of hydrogen-bond acceptors (Lipinski definition) is 4. The third kappa shape index (κ3) is 8.64. The predicted molar refractivity (Wildman–Crippen MR) is 63.5 cm³/mol. The van der Waals surface area contributed by atoms with E-state index in [9.17, 15) is 9.90 Å². The van der Waals surface area contributed by atoms with Gasteiger partial charge < -0.3 is 20.4 Å². The molecule has 0 aromatic carbocycles. The first-order valence-electron chi connectivity index (χ1n) is 5.93. The van der Waals surface area contributed by atoms with Crippen molar-refractivity contribution in [2.75, 3.05) is 32.7 Å². The van der Waals surface area contributed by atoms with E-state index in [2.05, 4.69) is 24.1 Å². The average Bonchev–Trinajstić information content (AvgIpc) is 2.21. The molecular weight excluding hydrogens is 208 g/mol. The number of carboxylic acids is 1. The van der Waals surface area contributed by atoms with Gasteiger partial charge in [-0.2, -0.15) is 0 Å². The molecule has 0 saturated carbocycles. The number of carboxylic acid groups (broad SMARTS) is 1. The lowest BCUT2D eigenvalue weighted by atomic mass is 10.2. The molecule has 1 unspecified atom stereocenters. The molecule has 0 bridgehead atoms. The van der Waals surface area contributed by atoms with Gasteiger partial charge in [-0.25, -0.2) is 0 Å². The zero-order chi connectivity index (χ0) is 12.4. The molecule has 0 fully saturated rings. The highest BCUT2D eigenvalue weighted by molar-refractivity contribution is 5.67. The highest BCUT2D eigenvalue weighted by Gasteiger charge is 2.08. The number of aliphatic carboxylic acids is 1. The van der Waals surface area contributed by atoms with Gasteiger partial charge in [0.2, 0.25) is 0 Å². The fourth-order valence-electron chi connectivity index (χ4n) is 1.52. The van der Waals surface area contributed by atoms with Crippen LogP contribution in [0.15, 0.2) is 0 Å². The largest absolute Gasteiger partial charge is 0.481 e. The van der Waals surface area contributed by atoms with Gasteiger partial charge in [-0.3, -0.25) is 4.79 Å². The molecule has 16 heavy (non-hydrogen) atoms. The van der Waals surface area contributed by atoms with E-state index >= 15 is 0 Å². The van der Waals surface area contributed by atoms with Crippen LogP contribution in [-0.2, 0) is 4.79 Å². The molecule has 0 spiro atoms. The average molecular weight is 232 g/mol. The van der Waals surface area contributed by atoms with Crippen LogP contribution in [0.25, 0.3) is 0 Å². The minimum atomic E-state index is -0.963. The van der Waals surface area contributed by atoms with Crippen LogP contribution in [0.2, 0.25) is 0 Å². The fourth-order valence-corrected chi connectivity index (χ4v) is 1.52. The van der Waals surface area contributed by atoms with E-state index < -0.39 is 12.1 Å². The Morgan fingerprint density at radius 1 is 1.38 bits per heavy atom. The van der Waals surface area contributed by atoms with E-state index in [0.29, 0.717) is 6.54 Å². The topological polar surface area (TPSA) is 72.8 Å². The van der Waals surface area contributed by atoms with Crippen molar-refractivity contribution in [2.24, 2.45) is 0 Å². The lowest BCUT2D eigenvalue weighted by molar-refractivity contribution is -0.139. The number of rotatable bonds is 10. The summed E-state index contributed by atoms with van der Waals surface area (Å²) >= 11 is 0. The molecule has 0 amide bonds. The zero-order valence-electron chi connectivity index (χ0n) is 10.3. The minimum absolute atomic E-state index is 0.195. The van der Waals surface area contributed by atoms with E-state index in [1.807, 2.05) is 0 Å². The number of carbonyl (C=O) groups is 1. The zero-order valence-corrected chi connectivity index (χ0v) is 10.3. The van der Waals surface area contributed by atoms with Crippen molar-refractivity contribution in [3.05, 3.63) is 0 Å². The van der Waals surface area contributed by atoms with E-state index in [1.54, 1.807) is 0 Å². The van der Waals surface area contributed by atoms with Gasteiger partial charge in [-0.15, -0.1) is 0 Å². The summed E-state index contributed by atoms with van der Waals surface area (Å²) in [6.45, 7) is 8.43. The van der Waals surface area contributed by atoms with Crippen molar-refractivity contribution in [2.45, 2.75) is 32.8 Å². The second-order valence-electron chi connectivity index (χ2n) is 3.89. The summed E-state index contributed by atoms with van der Waals surface area (Å²) in [4.78, 5) is 12.6. The van der Waals surface area contributed by atoms with Crippen molar-refractivity contribution >= 4 is 5.97 Å². The molecule has 0 aliphatic carbocycles. The number of aliphatic hydroxyl groups excluding tert-OH is 1. The number of nitrogens with one attached hydrogen (secondary N) is 1. The Balaban J connectivity index is 3.47. The Morgan fingerprint density at radius 3 is 2.56 bits per heavy atom. The molecule has 5 heteroatoms. The summed E-state index contributed by atoms with van der Waals surface area (Å²) in [5.41, 5.74) is 0. The van der Waals surface area contributed by atoms with Gasteiger partial charge >= 0.3 is 5.97 Å². The Hall–Kier alpha value is -0.650. The molecule has 0 aromatic heterocycles. The maximum Gasteiger partial charge on any atom is 0.306 e. The monoisotopic (exact) mass is 232 g/mol. The maximum absolute atomic E-state index is 10.3. The van der Waals surface area contributed by atoms with Crippen molar-refractivity contribution in [3.63, 3.8) is 0 Å². The number of hydrogen-bond donors (Lipinski definition) is 3. The summed E-state index contributed by atoms with van der Waals surface area (Å²) in [6, 6.07) is 0. The van der Waals surface area contributed by atoms with E-state index in [-0.39, 0.29) is 6.42 Å². The molecule has 0 rings (SSSR count). The second-order valence-corrected chi connectivity index (χ2v) is 3.89. The van der Waals surface area contributed by atoms with E-state index in [0.717, 1.165) is 32.6 Å². The van der Waals surface area contributed by atoms with Crippen LogP contribution < -0.4 is 5.32 Å². The molecule has 0 aliphatic heterocycles. The summed E-state index contributed by atoms with van der Waals surface area (Å²) in [7, 11) is 0. The van der Waals surface area contributed by atoms with Gasteiger partial charge in [0, 0.05) is 19.6 Å². The van der Waals surface area contributed by atoms with Crippen LogP contribution >= 0.6 is 0 Å². The highest BCUT2D eigenvalue weighted by Crippen LogP contribution is 1.91. The molecule has 0 aromatic rings. The quantitative estimate of drug-likeness (QED) is 0.467. The van der Waals surface area contributed by atoms with Crippen LogP contribution in [0.1, 0.15) is 26.7 Å². The molecule has 1 atom stereocenters. The van der Waals surface area contributed by atoms with Gasteiger partial charge in [0.25, 0.3) is 0 Å². The van der Waals surface area contributed by atoms with Gasteiger partial charge in [0.15, 0.2) is 0 Å². The second kappa shape index (κ2) is 9.57. The third-order valence-electron chi connectivity index (χ3n) is 2.38. The first kappa shape index (κ1) is 15.3. The first-order chi connectivity index (χ1) is 7.60. The van der Waals surface area contributed by atoms with Crippen molar-refractivity contribution < 1.29 is 15.0 Å². The standard InChI is InChI=1S/C11H24N2O3/c1-3-6-13(4-2)7-5-12-9-10(14)8-11(15)16/h10,12,14H,3-9H2,1-2H3,(H,15,16). The van der Waals surface area contributed by atoms with Crippen molar-refractivity contribution in [3.8, 4) is 0 Å². The molecule has 0 heterocycles. The summed E-state index contributed by atoms with van der Waals surface area (Å²) in [5.74, 6) is -0.963. The van der Waals surface area contributed by atoms with Crippen LogP contribution in [-0.4, -0.2) is 59.9 Å². The third-order valence-corrected chi connectivity index (χ3v) is 2.38. The lowest BCUT2D eigenvalue weighted by Crippen LogP contribution is -2.36. The highest BCUT2D eigenvalue weighted by atomic mass is 16.4. The summed E-state index contributed by atoms with van der Waals surface area (Å²) in [6.07, 6.45) is 0.147. The molecule has 5 nitrogen and oxygen atoms in total. The first-order valence-corrected chi connectivity index (χ1v) is 5.93. The molecule has 0 saturated heterocycles. The van der Waals surface area contributed by atoms with Crippen molar-refractivity contribution in [1.82, 2.24) is 10.2 Å². The predicted octanol–water partition coefficient (Wildman–Crippen LogP) is 0.144. The maximum atomic E-state index is 10.3. The summed E-state index contributed by atoms with van der Waals surface area (Å²) in [5, 5.41) is 20.8. The van der Waals surface area contributed by atoms with Gasteiger partial charge in [0.05, 0.1) is 12.5 Å². The van der Waals surface area contributed by atoms with Gasteiger partial charge in [-0.05, 0) is 19.5 Å². The lowest BCUT2D eigenvalue weighted by Gasteiger charge is -2.20. The minimum Gasteiger partial charge on any atom is -0.481 e. The molecular formula is C11H24N2O3. The van der Waals surface area contributed by atoms with E-state index in [4.69, 9.17) is 5.11 Å².